The number of hydrogen-bond donors (Lipinski definition) is 2. The molecule has 7 heteroatoms. The Kier molecular flexibility index (Phi) is 6.51. The van der Waals surface area contributed by atoms with Crippen molar-refractivity contribution in [1.82, 2.24) is 9.97 Å². The summed E-state index contributed by atoms with van der Waals surface area (Å²) >= 11 is 3.17. The molecule has 3 aromatic rings. The number of aliphatic hydroxyl groups excluding tert-OH is 1. The van der Waals surface area contributed by atoms with Gasteiger partial charge in [0.05, 0.1) is 16.5 Å². The van der Waals surface area contributed by atoms with Gasteiger partial charge in [-0.2, -0.15) is 0 Å². The Morgan fingerprint density at radius 2 is 2.20 bits per heavy atom. The fourth-order valence-electron chi connectivity index (χ4n) is 3.76. The maximum absolute atomic E-state index is 13.2. The first-order valence-electron chi connectivity index (χ1n) is 9.86. The second-order valence-corrected chi connectivity index (χ2v) is 9.39. The quantitative estimate of drug-likeness (QED) is 0.419. The van der Waals surface area contributed by atoms with E-state index in [0.29, 0.717) is 22.7 Å². The van der Waals surface area contributed by atoms with Crippen LogP contribution in [0.5, 0.6) is 0 Å². The number of nitrogens with one attached hydrogen (secondary N) is 1. The van der Waals surface area contributed by atoms with Crippen LogP contribution in [0.25, 0.3) is 0 Å². The summed E-state index contributed by atoms with van der Waals surface area (Å²) in [7, 11) is 0. The van der Waals surface area contributed by atoms with Crippen molar-refractivity contribution in [3.63, 3.8) is 0 Å². The van der Waals surface area contributed by atoms with Gasteiger partial charge in [-0.15, -0.1) is 23.1 Å². The van der Waals surface area contributed by atoms with Gasteiger partial charge in [0.25, 0.3) is 0 Å². The molecule has 1 radical (unpaired) electrons. The molecule has 0 saturated heterocycles. The lowest BCUT2D eigenvalue weighted by Crippen LogP contribution is -2.20. The Balaban J connectivity index is 1.50. The number of carbonyl (C=O) groups is 1. The number of ketones is 1. The van der Waals surface area contributed by atoms with Crippen LogP contribution < -0.4 is 5.32 Å². The molecule has 1 saturated carbocycles. The average Bonchev–Trinajstić information content (AvgIpc) is 3.34. The summed E-state index contributed by atoms with van der Waals surface area (Å²) < 4.78 is 0. The maximum Gasteiger partial charge on any atom is 0.208 e. The molecular weight excluding hydrogens is 414 g/mol. The lowest BCUT2D eigenvalue weighted by molar-refractivity contribution is 0.104. The summed E-state index contributed by atoms with van der Waals surface area (Å²) in [4.78, 5) is 23.4. The number of thiophene rings is 1. The van der Waals surface area contributed by atoms with E-state index in [1.54, 1.807) is 18.0 Å². The lowest BCUT2D eigenvalue weighted by Gasteiger charge is -2.15. The van der Waals surface area contributed by atoms with Gasteiger partial charge in [0.2, 0.25) is 5.78 Å². The summed E-state index contributed by atoms with van der Waals surface area (Å²) in [6.45, 7) is 3.97. The van der Waals surface area contributed by atoms with Crippen molar-refractivity contribution in [1.29, 1.82) is 0 Å². The van der Waals surface area contributed by atoms with Crippen LogP contribution in [0.3, 0.4) is 0 Å². The van der Waals surface area contributed by atoms with Crippen LogP contribution in [0.2, 0.25) is 0 Å². The van der Waals surface area contributed by atoms with Crippen LogP contribution in [-0.2, 0) is 6.42 Å². The molecule has 30 heavy (non-hydrogen) atoms. The topological polar surface area (TPSA) is 75.1 Å². The second kappa shape index (κ2) is 9.29. The molecule has 1 fully saturated rings. The van der Waals surface area contributed by atoms with Crippen LogP contribution in [0, 0.1) is 12.8 Å². The van der Waals surface area contributed by atoms with Crippen molar-refractivity contribution >= 4 is 34.7 Å². The molecule has 4 rings (SSSR count). The van der Waals surface area contributed by atoms with Gasteiger partial charge in [-0.1, -0.05) is 12.1 Å². The molecule has 1 aliphatic carbocycles. The van der Waals surface area contributed by atoms with Crippen LogP contribution in [0.1, 0.15) is 39.2 Å². The minimum atomic E-state index is -0.423. The second-order valence-electron chi connectivity index (χ2n) is 7.60. The van der Waals surface area contributed by atoms with E-state index >= 15 is 0 Å². The predicted octanol–water partition coefficient (Wildman–Crippen LogP) is 4.47. The highest BCUT2D eigenvalue weighted by Crippen LogP contribution is 2.29. The van der Waals surface area contributed by atoms with Crippen LogP contribution in [-0.4, -0.2) is 39.3 Å². The zero-order valence-electron chi connectivity index (χ0n) is 16.7. The first kappa shape index (κ1) is 21.0. The molecular formula is C23H24N3O2S2. The van der Waals surface area contributed by atoms with E-state index in [9.17, 15) is 9.90 Å². The number of aromatic nitrogens is 2. The summed E-state index contributed by atoms with van der Waals surface area (Å²) in [6, 6.07) is 10.5. The van der Waals surface area contributed by atoms with Crippen molar-refractivity contribution < 1.29 is 9.90 Å². The molecule has 155 valence electrons. The third kappa shape index (κ3) is 4.74. The van der Waals surface area contributed by atoms with E-state index in [1.165, 1.54) is 28.1 Å². The van der Waals surface area contributed by atoms with Crippen molar-refractivity contribution in [2.75, 3.05) is 11.6 Å². The van der Waals surface area contributed by atoms with Gasteiger partial charge < -0.3 is 10.4 Å². The number of carbonyl (C=O) groups excluding carboxylic acids is 1. The zero-order chi connectivity index (χ0) is 21.1. The molecule has 2 aromatic heterocycles. The van der Waals surface area contributed by atoms with E-state index in [2.05, 4.69) is 52.7 Å². The lowest BCUT2D eigenvalue weighted by atomic mass is 10.1. The van der Waals surface area contributed by atoms with Gasteiger partial charge in [0.1, 0.15) is 12.1 Å². The van der Waals surface area contributed by atoms with Crippen LogP contribution >= 0.6 is 23.1 Å². The maximum atomic E-state index is 13.2. The summed E-state index contributed by atoms with van der Waals surface area (Å²) in [6.07, 6.45) is 6.78. The molecule has 1 aromatic carbocycles. The zero-order valence-corrected chi connectivity index (χ0v) is 18.4. The molecule has 5 nitrogen and oxygen atoms in total. The Morgan fingerprint density at radius 1 is 1.33 bits per heavy atom. The minimum Gasteiger partial charge on any atom is -0.393 e. The van der Waals surface area contributed by atoms with Crippen molar-refractivity contribution in [3.05, 3.63) is 76.7 Å². The fourth-order valence-corrected chi connectivity index (χ4v) is 5.11. The smallest absolute Gasteiger partial charge is 0.208 e. The van der Waals surface area contributed by atoms with Gasteiger partial charge in [0, 0.05) is 17.1 Å². The molecule has 0 spiro atoms. The molecule has 0 unspecified atom stereocenters. The summed E-state index contributed by atoms with van der Waals surface area (Å²) in [5.41, 5.74) is 2.80. The number of aliphatic hydroxyl groups is 1. The first-order valence-corrected chi connectivity index (χ1v) is 12.0. The highest BCUT2D eigenvalue weighted by Gasteiger charge is 2.31. The minimum absolute atomic E-state index is 0.00652. The molecule has 0 amide bonds. The van der Waals surface area contributed by atoms with E-state index in [-0.39, 0.29) is 17.7 Å². The van der Waals surface area contributed by atoms with Gasteiger partial charge in [-0.05, 0) is 73.1 Å². The van der Waals surface area contributed by atoms with Crippen LogP contribution in [0.15, 0.2) is 53.1 Å². The Hall–Kier alpha value is -2.22. The molecule has 2 heterocycles. The number of rotatable bonds is 7. The van der Waals surface area contributed by atoms with Gasteiger partial charge >= 0.3 is 0 Å². The Bertz CT molecular complexity index is 1030. The highest BCUT2D eigenvalue weighted by atomic mass is 32.2. The van der Waals surface area contributed by atoms with E-state index in [1.807, 2.05) is 11.4 Å². The molecule has 0 aliphatic heterocycles. The molecule has 2 N–H and O–H groups in total. The van der Waals surface area contributed by atoms with Gasteiger partial charge in [0.15, 0.2) is 0 Å². The van der Waals surface area contributed by atoms with Crippen molar-refractivity contribution in [2.45, 2.75) is 36.3 Å². The molecule has 0 bridgehead atoms. The van der Waals surface area contributed by atoms with Crippen LogP contribution in [0.4, 0.5) is 5.82 Å². The van der Waals surface area contributed by atoms with Gasteiger partial charge in [-0.3, -0.25) is 4.79 Å². The Labute approximate surface area is 185 Å². The van der Waals surface area contributed by atoms with E-state index in [0.717, 1.165) is 18.4 Å². The monoisotopic (exact) mass is 438 g/mol. The number of nitrogens with zero attached hydrogens (tertiary/aromatic N) is 2. The molecule has 1 aliphatic rings. The molecule has 3 atom stereocenters. The van der Waals surface area contributed by atoms with Crippen molar-refractivity contribution in [3.8, 4) is 0 Å². The first-order chi connectivity index (χ1) is 14.5. The number of thioether (sulfide) groups is 1. The van der Waals surface area contributed by atoms with E-state index in [4.69, 9.17) is 0 Å². The number of hydrogen-bond acceptors (Lipinski definition) is 7. The normalized spacial score (nSPS) is 21.0. The Morgan fingerprint density at radius 3 is 2.97 bits per heavy atom. The standard InChI is InChI=1S/C23H24N3O2S2/c1-14-6-17(10-20(14)27)26-23-19(11-24-13-25-23)22(28)21-9-16(12-30-21)7-15-4-3-5-18(8-15)29-2/h3-5,8-9,11-14,17,20,27H,1,6-7,10H2,2H3,(H,24,25,26)/t14-,17-,20+/m1/s1. The number of benzene rings is 1. The third-order valence-electron chi connectivity index (χ3n) is 5.38. The van der Waals surface area contributed by atoms with Gasteiger partial charge in [-0.25, -0.2) is 9.97 Å². The largest absolute Gasteiger partial charge is 0.393 e. The fraction of sp³-hybridized carbons (Fsp3) is 0.304. The third-order valence-corrected chi connectivity index (χ3v) is 7.08. The highest BCUT2D eigenvalue weighted by molar-refractivity contribution is 7.98. The summed E-state index contributed by atoms with van der Waals surface area (Å²) in [5, 5.41) is 15.3. The number of anilines is 1. The van der Waals surface area contributed by atoms with Crippen molar-refractivity contribution in [2.24, 2.45) is 5.92 Å². The SMILES string of the molecule is [CH2][C@@H]1C[C@@H](Nc2ncncc2C(=O)c2cc(Cc3cccc(SC)c3)cs2)C[C@@H]1O. The average molecular weight is 439 g/mol. The summed E-state index contributed by atoms with van der Waals surface area (Å²) in [5.74, 6) is 0.425. The van der Waals surface area contributed by atoms with E-state index < -0.39 is 6.10 Å². The predicted molar refractivity (Wildman–Crippen MR) is 122 cm³/mol.